The lowest BCUT2D eigenvalue weighted by Gasteiger charge is -2.07. The average molecular weight is 220 g/mol. The van der Waals surface area contributed by atoms with Crippen LogP contribution in [0, 0.1) is 11.3 Å². The van der Waals surface area contributed by atoms with Crippen LogP contribution < -0.4 is 4.74 Å². The molecule has 0 bridgehead atoms. The highest BCUT2D eigenvalue weighted by Crippen LogP contribution is 2.18. The highest BCUT2D eigenvalue weighted by Gasteiger charge is 2.11. The van der Waals surface area contributed by atoms with E-state index >= 15 is 0 Å². The van der Waals surface area contributed by atoms with Gasteiger partial charge in [-0.05, 0) is 12.5 Å². The number of ether oxygens (including phenoxy) is 2. The van der Waals surface area contributed by atoms with Crippen LogP contribution in [-0.2, 0) is 11.2 Å². The SMILES string of the molecule is COC(=O)c1cnc(OC)c(CCC#N)c1. The molecule has 0 aliphatic heterocycles. The number of esters is 1. The molecule has 0 fully saturated rings. The van der Waals surface area contributed by atoms with Gasteiger partial charge in [0.25, 0.3) is 0 Å². The van der Waals surface area contributed by atoms with Crippen LogP contribution in [0.3, 0.4) is 0 Å². The first-order chi connectivity index (χ1) is 7.72. The molecule has 5 nitrogen and oxygen atoms in total. The van der Waals surface area contributed by atoms with Crippen molar-refractivity contribution in [3.05, 3.63) is 23.4 Å². The highest BCUT2D eigenvalue weighted by molar-refractivity contribution is 5.89. The molecule has 0 radical (unpaired) electrons. The Hall–Kier alpha value is -2.09. The summed E-state index contributed by atoms with van der Waals surface area (Å²) in [5, 5.41) is 8.51. The van der Waals surface area contributed by atoms with E-state index in [4.69, 9.17) is 10.00 Å². The summed E-state index contributed by atoms with van der Waals surface area (Å²) >= 11 is 0. The first kappa shape index (κ1) is 12.0. The number of hydrogen-bond donors (Lipinski definition) is 0. The molecule has 0 unspecified atom stereocenters. The van der Waals surface area contributed by atoms with Crippen molar-refractivity contribution in [3.63, 3.8) is 0 Å². The molecule has 0 N–H and O–H groups in total. The van der Waals surface area contributed by atoms with Gasteiger partial charge in [0.2, 0.25) is 5.88 Å². The van der Waals surface area contributed by atoms with Crippen LogP contribution >= 0.6 is 0 Å². The molecule has 0 atom stereocenters. The molecule has 1 rings (SSSR count). The summed E-state index contributed by atoms with van der Waals surface area (Å²) in [4.78, 5) is 15.3. The van der Waals surface area contributed by atoms with Crippen molar-refractivity contribution in [2.45, 2.75) is 12.8 Å². The molecule has 0 amide bonds. The molecule has 0 aromatic carbocycles. The lowest BCUT2D eigenvalue weighted by molar-refractivity contribution is 0.0600. The van der Waals surface area contributed by atoms with E-state index in [1.165, 1.54) is 20.4 Å². The van der Waals surface area contributed by atoms with Gasteiger partial charge in [0, 0.05) is 18.2 Å². The minimum Gasteiger partial charge on any atom is -0.481 e. The summed E-state index contributed by atoms with van der Waals surface area (Å²) in [5.41, 5.74) is 1.09. The van der Waals surface area contributed by atoms with Crippen LogP contribution in [0.15, 0.2) is 12.3 Å². The van der Waals surface area contributed by atoms with Gasteiger partial charge >= 0.3 is 5.97 Å². The Labute approximate surface area is 93.6 Å². The van der Waals surface area contributed by atoms with Crippen molar-refractivity contribution >= 4 is 5.97 Å². The lowest BCUT2D eigenvalue weighted by Crippen LogP contribution is -2.04. The van der Waals surface area contributed by atoms with Gasteiger partial charge in [-0.15, -0.1) is 0 Å². The zero-order valence-electron chi connectivity index (χ0n) is 9.19. The Kier molecular flexibility index (Phi) is 4.28. The maximum atomic E-state index is 11.3. The highest BCUT2D eigenvalue weighted by atomic mass is 16.5. The van der Waals surface area contributed by atoms with Crippen LogP contribution in [0.5, 0.6) is 5.88 Å². The summed E-state index contributed by atoms with van der Waals surface area (Å²) < 4.78 is 9.62. The standard InChI is InChI=1S/C11H12N2O3/c1-15-10-8(4-3-5-12)6-9(7-13-10)11(14)16-2/h6-7H,3-4H2,1-2H3. The molecule has 0 aliphatic carbocycles. The molecule has 0 saturated heterocycles. The van der Waals surface area contributed by atoms with Crippen molar-refractivity contribution in [2.24, 2.45) is 0 Å². The van der Waals surface area contributed by atoms with Crippen molar-refractivity contribution in [2.75, 3.05) is 14.2 Å². The second-order valence-electron chi connectivity index (χ2n) is 3.04. The molecule has 84 valence electrons. The average Bonchev–Trinajstić information content (AvgIpc) is 2.34. The third kappa shape index (κ3) is 2.70. The molecule has 1 aromatic rings. The van der Waals surface area contributed by atoms with Gasteiger partial charge < -0.3 is 9.47 Å². The maximum absolute atomic E-state index is 11.3. The number of nitriles is 1. The Morgan fingerprint density at radius 2 is 2.31 bits per heavy atom. The fraction of sp³-hybridized carbons (Fsp3) is 0.364. The number of methoxy groups -OCH3 is 2. The normalized spacial score (nSPS) is 9.31. The van der Waals surface area contributed by atoms with Crippen LogP contribution in [0.25, 0.3) is 0 Å². The first-order valence-corrected chi connectivity index (χ1v) is 4.71. The largest absolute Gasteiger partial charge is 0.481 e. The molecule has 5 heteroatoms. The van der Waals surface area contributed by atoms with Crippen molar-refractivity contribution in [3.8, 4) is 11.9 Å². The number of hydrogen-bond acceptors (Lipinski definition) is 5. The van der Waals surface area contributed by atoms with Crippen LogP contribution in [0.4, 0.5) is 0 Å². The molecular weight excluding hydrogens is 208 g/mol. The molecule has 1 heterocycles. The number of carbonyl (C=O) groups is 1. The number of aryl methyl sites for hydroxylation is 1. The summed E-state index contributed by atoms with van der Waals surface area (Å²) in [6.45, 7) is 0. The monoisotopic (exact) mass is 220 g/mol. The van der Waals surface area contributed by atoms with Crippen molar-refractivity contribution < 1.29 is 14.3 Å². The minimum absolute atomic E-state index is 0.350. The molecule has 16 heavy (non-hydrogen) atoms. The van der Waals surface area contributed by atoms with E-state index in [2.05, 4.69) is 9.72 Å². The predicted octanol–water partition coefficient (Wildman–Crippen LogP) is 1.33. The smallest absolute Gasteiger partial charge is 0.339 e. The second kappa shape index (κ2) is 5.71. The zero-order valence-corrected chi connectivity index (χ0v) is 9.19. The zero-order chi connectivity index (χ0) is 12.0. The van der Waals surface area contributed by atoms with Gasteiger partial charge in [-0.3, -0.25) is 0 Å². The second-order valence-corrected chi connectivity index (χ2v) is 3.04. The van der Waals surface area contributed by atoms with Crippen LogP contribution in [-0.4, -0.2) is 25.2 Å². The quantitative estimate of drug-likeness (QED) is 0.716. The fourth-order valence-corrected chi connectivity index (χ4v) is 1.28. The third-order valence-corrected chi connectivity index (χ3v) is 2.05. The fourth-order valence-electron chi connectivity index (χ4n) is 1.28. The van der Waals surface area contributed by atoms with Gasteiger partial charge in [0.15, 0.2) is 0 Å². The summed E-state index contributed by atoms with van der Waals surface area (Å²) in [5.74, 6) is -0.0173. The summed E-state index contributed by atoms with van der Waals surface area (Å²) in [6, 6.07) is 3.66. The van der Waals surface area contributed by atoms with E-state index in [-0.39, 0.29) is 0 Å². The lowest BCUT2D eigenvalue weighted by atomic mass is 10.1. The summed E-state index contributed by atoms with van der Waals surface area (Å²) in [7, 11) is 2.80. The van der Waals surface area contributed by atoms with Gasteiger partial charge in [-0.1, -0.05) is 0 Å². The van der Waals surface area contributed by atoms with E-state index in [1.807, 2.05) is 6.07 Å². The number of carbonyl (C=O) groups excluding carboxylic acids is 1. The Morgan fingerprint density at radius 1 is 1.56 bits per heavy atom. The number of pyridine rings is 1. The Morgan fingerprint density at radius 3 is 2.88 bits per heavy atom. The van der Waals surface area contributed by atoms with E-state index in [9.17, 15) is 4.79 Å². The van der Waals surface area contributed by atoms with E-state index in [1.54, 1.807) is 6.07 Å². The van der Waals surface area contributed by atoms with E-state index in [0.29, 0.717) is 24.3 Å². The predicted molar refractivity (Wildman–Crippen MR) is 56.1 cm³/mol. The summed E-state index contributed by atoms with van der Waals surface area (Å²) in [6.07, 6.45) is 2.24. The third-order valence-electron chi connectivity index (χ3n) is 2.05. The van der Waals surface area contributed by atoms with Crippen LogP contribution in [0.2, 0.25) is 0 Å². The molecule has 0 spiro atoms. The molecule has 1 aromatic heterocycles. The number of aromatic nitrogens is 1. The van der Waals surface area contributed by atoms with Gasteiger partial charge in [0.1, 0.15) is 0 Å². The minimum atomic E-state index is -0.451. The topological polar surface area (TPSA) is 72.2 Å². The Bertz CT molecular complexity index is 424. The number of rotatable bonds is 4. The first-order valence-electron chi connectivity index (χ1n) is 4.71. The van der Waals surface area contributed by atoms with Crippen molar-refractivity contribution in [1.82, 2.24) is 4.98 Å². The van der Waals surface area contributed by atoms with E-state index in [0.717, 1.165) is 5.56 Å². The van der Waals surface area contributed by atoms with Gasteiger partial charge in [-0.2, -0.15) is 5.26 Å². The molecule has 0 aliphatic rings. The Balaban J connectivity index is 3.01. The molecular formula is C11H12N2O3. The van der Waals surface area contributed by atoms with Crippen molar-refractivity contribution in [1.29, 1.82) is 5.26 Å². The van der Waals surface area contributed by atoms with Gasteiger partial charge in [0.05, 0.1) is 25.9 Å². The van der Waals surface area contributed by atoms with Crippen LogP contribution in [0.1, 0.15) is 22.3 Å². The number of nitrogens with zero attached hydrogens (tertiary/aromatic N) is 2. The van der Waals surface area contributed by atoms with E-state index < -0.39 is 5.97 Å². The molecule has 0 saturated carbocycles. The maximum Gasteiger partial charge on any atom is 0.339 e. The van der Waals surface area contributed by atoms with Gasteiger partial charge in [-0.25, -0.2) is 9.78 Å².